The predicted octanol–water partition coefficient (Wildman–Crippen LogP) is 3.28. The number of nitrogens with zero attached hydrogens (tertiary/aromatic N) is 1. The summed E-state index contributed by atoms with van der Waals surface area (Å²) in [6.07, 6.45) is 0. The third-order valence-electron chi connectivity index (χ3n) is 2.24. The highest BCUT2D eigenvalue weighted by atomic mass is 32.1. The molecule has 0 amide bonds. The second kappa shape index (κ2) is 3.04. The first kappa shape index (κ1) is 8.57. The molecule has 68 valence electrons. The van der Waals surface area contributed by atoms with E-state index in [9.17, 15) is 0 Å². The first-order valence-electron chi connectivity index (χ1n) is 4.34. The summed E-state index contributed by atoms with van der Waals surface area (Å²) in [7, 11) is 4.18. The lowest BCUT2D eigenvalue weighted by molar-refractivity contribution is 1.14. The summed E-state index contributed by atoms with van der Waals surface area (Å²) >= 11 is 1.82. The van der Waals surface area contributed by atoms with Gasteiger partial charge in [0, 0.05) is 29.9 Å². The van der Waals surface area contributed by atoms with Crippen LogP contribution < -0.4 is 4.90 Å². The highest BCUT2D eigenvalue weighted by Crippen LogP contribution is 2.32. The first-order chi connectivity index (χ1) is 6.20. The zero-order valence-electron chi connectivity index (χ0n) is 8.16. The van der Waals surface area contributed by atoms with Gasteiger partial charge in [0.2, 0.25) is 0 Å². The number of aryl methyl sites for hydroxylation is 1. The zero-order chi connectivity index (χ0) is 9.42. The second-order valence-electron chi connectivity index (χ2n) is 3.46. The molecule has 0 aliphatic carbocycles. The lowest BCUT2D eigenvalue weighted by atomic mass is 10.1. The molecule has 0 saturated heterocycles. The van der Waals surface area contributed by atoms with Crippen molar-refractivity contribution in [1.82, 2.24) is 0 Å². The van der Waals surface area contributed by atoms with E-state index >= 15 is 0 Å². The molecule has 0 spiro atoms. The van der Waals surface area contributed by atoms with E-state index in [0.29, 0.717) is 0 Å². The Kier molecular flexibility index (Phi) is 2.00. The molecule has 0 saturated carbocycles. The van der Waals surface area contributed by atoms with Crippen molar-refractivity contribution in [3.05, 3.63) is 29.1 Å². The third kappa shape index (κ3) is 1.31. The Labute approximate surface area is 82.6 Å². The molecule has 2 rings (SSSR count). The number of hydrogen-bond donors (Lipinski definition) is 0. The Morgan fingerprint density at radius 2 is 2.00 bits per heavy atom. The summed E-state index contributed by atoms with van der Waals surface area (Å²) in [4.78, 5) is 2.17. The lowest BCUT2D eigenvalue weighted by Gasteiger charge is -2.14. The van der Waals surface area contributed by atoms with Gasteiger partial charge in [-0.2, -0.15) is 0 Å². The Hall–Kier alpha value is -1.02. The molecule has 0 aliphatic rings. The van der Waals surface area contributed by atoms with E-state index in [4.69, 9.17) is 0 Å². The van der Waals surface area contributed by atoms with Crippen LogP contribution in [0.25, 0.3) is 10.1 Å². The fourth-order valence-electron chi connectivity index (χ4n) is 1.60. The molecule has 1 aromatic heterocycles. The molecule has 0 fully saturated rings. The molecule has 0 aliphatic heterocycles. The van der Waals surface area contributed by atoms with E-state index in [0.717, 1.165) is 0 Å². The minimum atomic E-state index is 1.32. The third-order valence-corrected chi connectivity index (χ3v) is 3.31. The number of anilines is 1. The van der Waals surface area contributed by atoms with E-state index in [1.165, 1.54) is 21.3 Å². The average molecular weight is 191 g/mol. The maximum absolute atomic E-state index is 2.22. The molecule has 13 heavy (non-hydrogen) atoms. The van der Waals surface area contributed by atoms with Crippen LogP contribution in [-0.2, 0) is 0 Å². The molecular formula is C11H13NS. The number of rotatable bonds is 1. The van der Waals surface area contributed by atoms with Gasteiger partial charge in [-0.1, -0.05) is 6.07 Å². The van der Waals surface area contributed by atoms with Crippen molar-refractivity contribution in [2.24, 2.45) is 0 Å². The maximum atomic E-state index is 2.22. The number of benzene rings is 1. The summed E-state index contributed by atoms with van der Waals surface area (Å²) in [5.41, 5.74) is 2.69. The SMILES string of the molecule is Cc1csc2cccc(N(C)C)c12. The van der Waals surface area contributed by atoms with Crippen LogP contribution in [0, 0.1) is 6.92 Å². The number of hydrogen-bond acceptors (Lipinski definition) is 2. The van der Waals surface area contributed by atoms with Gasteiger partial charge in [-0.05, 0) is 30.0 Å². The molecule has 1 aromatic carbocycles. The molecule has 0 N–H and O–H groups in total. The van der Waals surface area contributed by atoms with Crippen LogP contribution in [0.2, 0.25) is 0 Å². The normalized spacial score (nSPS) is 10.7. The topological polar surface area (TPSA) is 3.24 Å². The molecule has 1 heterocycles. The summed E-state index contributed by atoms with van der Waals surface area (Å²) < 4.78 is 1.38. The van der Waals surface area contributed by atoms with Gasteiger partial charge >= 0.3 is 0 Å². The molecule has 1 nitrogen and oxygen atoms in total. The average Bonchev–Trinajstić information content (AvgIpc) is 2.48. The fourth-order valence-corrected chi connectivity index (χ4v) is 2.56. The first-order valence-corrected chi connectivity index (χ1v) is 5.22. The summed E-state index contributed by atoms with van der Waals surface area (Å²) in [6, 6.07) is 6.47. The van der Waals surface area contributed by atoms with Crippen LogP contribution in [0.4, 0.5) is 5.69 Å². The minimum Gasteiger partial charge on any atom is -0.377 e. The lowest BCUT2D eigenvalue weighted by Crippen LogP contribution is -2.08. The maximum Gasteiger partial charge on any atom is 0.0451 e. The molecule has 0 unspecified atom stereocenters. The second-order valence-corrected chi connectivity index (χ2v) is 4.37. The van der Waals surface area contributed by atoms with Crippen LogP contribution in [0.15, 0.2) is 23.6 Å². The fraction of sp³-hybridized carbons (Fsp3) is 0.273. The van der Waals surface area contributed by atoms with E-state index in [1.54, 1.807) is 0 Å². The van der Waals surface area contributed by atoms with Gasteiger partial charge in [0.15, 0.2) is 0 Å². The predicted molar refractivity (Wildman–Crippen MR) is 60.9 cm³/mol. The van der Waals surface area contributed by atoms with Gasteiger partial charge in [-0.25, -0.2) is 0 Å². The van der Waals surface area contributed by atoms with E-state index in [2.05, 4.69) is 49.5 Å². The van der Waals surface area contributed by atoms with Gasteiger partial charge in [0.1, 0.15) is 0 Å². The van der Waals surface area contributed by atoms with Gasteiger partial charge in [0.25, 0.3) is 0 Å². The van der Waals surface area contributed by atoms with Crippen LogP contribution in [0.3, 0.4) is 0 Å². The van der Waals surface area contributed by atoms with Gasteiger partial charge in [-0.3, -0.25) is 0 Å². The minimum absolute atomic E-state index is 1.32. The smallest absolute Gasteiger partial charge is 0.0451 e. The Morgan fingerprint density at radius 1 is 1.23 bits per heavy atom. The van der Waals surface area contributed by atoms with Crippen molar-refractivity contribution in [2.45, 2.75) is 6.92 Å². The molecule has 0 bridgehead atoms. The summed E-state index contributed by atoms with van der Waals surface area (Å²) in [5.74, 6) is 0. The molecule has 2 aromatic rings. The van der Waals surface area contributed by atoms with Crippen molar-refractivity contribution in [3.63, 3.8) is 0 Å². The van der Waals surface area contributed by atoms with Crippen molar-refractivity contribution >= 4 is 27.1 Å². The zero-order valence-corrected chi connectivity index (χ0v) is 8.98. The quantitative estimate of drug-likeness (QED) is 0.668. The molecule has 0 atom stereocenters. The summed E-state index contributed by atoms with van der Waals surface area (Å²) in [6.45, 7) is 2.17. The van der Waals surface area contributed by atoms with Crippen LogP contribution in [0.5, 0.6) is 0 Å². The van der Waals surface area contributed by atoms with Gasteiger partial charge < -0.3 is 4.90 Å². The Morgan fingerprint density at radius 3 is 2.69 bits per heavy atom. The van der Waals surface area contributed by atoms with Crippen molar-refractivity contribution < 1.29 is 0 Å². The Balaban J connectivity index is 2.80. The van der Waals surface area contributed by atoms with Crippen LogP contribution in [0.1, 0.15) is 5.56 Å². The van der Waals surface area contributed by atoms with Crippen molar-refractivity contribution in [1.29, 1.82) is 0 Å². The molecule has 0 radical (unpaired) electrons. The standard InChI is InChI=1S/C11H13NS/c1-8-7-13-10-6-4-5-9(11(8)10)12(2)3/h4-7H,1-3H3. The number of fused-ring (bicyclic) bond motifs is 1. The van der Waals surface area contributed by atoms with Crippen LogP contribution in [-0.4, -0.2) is 14.1 Å². The van der Waals surface area contributed by atoms with E-state index < -0.39 is 0 Å². The highest BCUT2D eigenvalue weighted by molar-refractivity contribution is 7.17. The van der Waals surface area contributed by atoms with Gasteiger partial charge in [-0.15, -0.1) is 11.3 Å². The van der Waals surface area contributed by atoms with Crippen molar-refractivity contribution in [3.8, 4) is 0 Å². The highest BCUT2D eigenvalue weighted by Gasteiger charge is 2.06. The van der Waals surface area contributed by atoms with E-state index in [-0.39, 0.29) is 0 Å². The molecular weight excluding hydrogens is 178 g/mol. The van der Waals surface area contributed by atoms with Gasteiger partial charge in [0.05, 0.1) is 0 Å². The van der Waals surface area contributed by atoms with Crippen LogP contribution >= 0.6 is 11.3 Å². The molecule has 2 heteroatoms. The van der Waals surface area contributed by atoms with E-state index in [1.807, 2.05) is 11.3 Å². The monoisotopic (exact) mass is 191 g/mol. The van der Waals surface area contributed by atoms with Crippen molar-refractivity contribution in [2.75, 3.05) is 19.0 Å². The number of thiophene rings is 1. The largest absolute Gasteiger partial charge is 0.377 e. The summed E-state index contributed by atoms with van der Waals surface area (Å²) in [5, 5.41) is 3.62. The Bertz CT molecular complexity index is 429.